The van der Waals surface area contributed by atoms with Gasteiger partial charge in [-0.1, -0.05) is 42.0 Å². The number of para-hydroxylation sites is 1. The van der Waals surface area contributed by atoms with Crippen LogP contribution in [0.5, 0.6) is 0 Å². The lowest BCUT2D eigenvalue weighted by molar-refractivity contribution is 1.31. The van der Waals surface area contributed by atoms with Crippen LogP contribution in [-0.4, -0.2) is 11.9 Å². The highest BCUT2D eigenvalue weighted by molar-refractivity contribution is 7.98. The van der Waals surface area contributed by atoms with E-state index in [4.69, 9.17) is 17.2 Å². The SMILES string of the molecule is Cc1cccc(CSc2ccccc2N=C(N)N=C(N)N)c1. The summed E-state index contributed by atoms with van der Waals surface area (Å²) in [6, 6.07) is 16.2. The Morgan fingerprint density at radius 2 is 1.82 bits per heavy atom. The highest BCUT2D eigenvalue weighted by Crippen LogP contribution is 2.31. The van der Waals surface area contributed by atoms with Gasteiger partial charge in [0.15, 0.2) is 5.96 Å². The van der Waals surface area contributed by atoms with Gasteiger partial charge in [0.2, 0.25) is 5.96 Å². The number of benzene rings is 2. The van der Waals surface area contributed by atoms with Gasteiger partial charge in [-0.25, -0.2) is 4.99 Å². The predicted octanol–water partition coefficient (Wildman–Crippen LogP) is 2.51. The lowest BCUT2D eigenvalue weighted by Crippen LogP contribution is -2.26. The van der Waals surface area contributed by atoms with Gasteiger partial charge in [0.05, 0.1) is 5.69 Å². The Morgan fingerprint density at radius 1 is 1.05 bits per heavy atom. The molecule has 6 heteroatoms. The van der Waals surface area contributed by atoms with Crippen molar-refractivity contribution >= 4 is 29.4 Å². The molecular weight excluding hydrogens is 294 g/mol. The predicted molar refractivity (Wildman–Crippen MR) is 94.3 cm³/mol. The highest BCUT2D eigenvalue weighted by atomic mass is 32.2. The fourth-order valence-corrected chi connectivity index (χ4v) is 2.85. The quantitative estimate of drug-likeness (QED) is 0.458. The lowest BCUT2D eigenvalue weighted by atomic mass is 10.2. The molecule has 0 bridgehead atoms. The van der Waals surface area contributed by atoms with E-state index < -0.39 is 0 Å². The van der Waals surface area contributed by atoms with Crippen LogP contribution >= 0.6 is 11.8 Å². The molecule has 0 aromatic heterocycles. The summed E-state index contributed by atoms with van der Waals surface area (Å²) in [6.45, 7) is 2.09. The molecule has 5 nitrogen and oxygen atoms in total. The van der Waals surface area contributed by atoms with Gasteiger partial charge in [-0.2, -0.15) is 4.99 Å². The van der Waals surface area contributed by atoms with Crippen LogP contribution in [0.15, 0.2) is 63.4 Å². The van der Waals surface area contributed by atoms with Gasteiger partial charge in [0.1, 0.15) is 0 Å². The lowest BCUT2D eigenvalue weighted by Gasteiger charge is -2.06. The number of thioether (sulfide) groups is 1. The molecule has 0 fully saturated rings. The summed E-state index contributed by atoms with van der Waals surface area (Å²) in [5, 5.41) is 0. The van der Waals surface area contributed by atoms with E-state index >= 15 is 0 Å². The van der Waals surface area contributed by atoms with Crippen LogP contribution in [-0.2, 0) is 5.75 Å². The molecule has 0 spiro atoms. The van der Waals surface area contributed by atoms with E-state index in [0.29, 0.717) is 0 Å². The van der Waals surface area contributed by atoms with Gasteiger partial charge in [-0.3, -0.25) is 0 Å². The van der Waals surface area contributed by atoms with Crippen molar-refractivity contribution in [3.63, 3.8) is 0 Å². The second-order valence-electron chi connectivity index (χ2n) is 4.75. The second kappa shape index (κ2) is 7.51. The summed E-state index contributed by atoms with van der Waals surface area (Å²) in [5.41, 5.74) is 19.6. The summed E-state index contributed by atoms with van der Waals surface area (Å²) < 4.78 is 0. The average molecular weight is 313 g/mol. The standard InChI is InChI=1S/C16H19N5S/c1-11-5-4-6-12(9-11)10-22-14-8-3-2-7-13(14)20-16(19)21-15(17)18/h2-9H,10H2,1H3,(H6,17,18,19,20,21). The molecule has 0 aliphatic rings. The minimum Gasteiger partial charge on any atom is -0.370 e. The first-order valence-corrected chi connectivity index (χ1v) is 7.74. The smallest absolute Gasteiger partial charge is 0.223 e. The molecule has 22 heavy (non-hydrogen) atoms. The molecule has 0 amide bonds. The maximum absolute atomic E-state index is 5.70. The Morgan fingerprint density at radius 3 is 2.55 bits per heavy atom. The molecule has 2 aromatic rings. The van der Waals surface area contributed by atoms with Gasteiger partial charge in [0.25, 0.3) is 0 Å². The molecule has 2 rings (SSSR count). The largest absolute Gasteiger partial charge is 0.370 e. The van der Waals surface area contributed by atoms with Crippen LogP contribution in [0.4, 0.5) is 5.69 Å². The summed E-state index contributed by atoms with van der Waals surface area (Å²) in [4.78, 5) is 9.02. The number of rotatable bonds is 4. The Hall–Kier alpha value is -2.47. The first-order valence-electron chi connectivity index (χ1n) is 6.76. The van der Waals surface area contributed by atoms with Gasteiger partial charge in [-0.15, -0.1) is 11.8 Å². The Balaban J connectivity index is 2.16. The maximum Gasteiger partial charge on any atom is 0.223 e. The zero-order valence-corrected chi connectivity index (χ0v) is 13.2. The van der Waals surface area contributed by atoms with E-state index in [1.807, 2.05) is 24.3 Å². The van der Waals surface area contributed by atoms with Gasteiger partial charge in [0, 0.05) is 10.6 Å². The molecule has 6 N–H and O–H groups in total. The van der Waals surface area contributed by atoms with Crippen LogP contribution in [0.25, 0.3) is 0 Å². The van der Waals surface area contributed by atoms with Crippen molar-refractivity contribution in [3.05, 3.63) is 59.7 Å². The van der Waals surface area contributed by atoms with E-state index in [1.165, 1.54) is 11.1 Å². The van der Waals surface area contributed by atoms with Crippen molar-refractivity contribution < 1.29 is 0 Å². The third-order valence-electron chi connectivity index (χ3n) is 2.82. The fourth-order valence-electron chi connectivity index (χ4n) is 1.92. The number of hydrogen-bond acceptors (Lipinski definition) is 2. The molecule has 0 saturated carbocycles. The fraction of sp³-hybridized carbons (Fsp3) is 0.125. The average Bonchev–Trinajstić information content (AvgIpc) is 2.45. The molecular formula is C16H19N5S. The second-order valence-corrected chi connectivity index (χ2v) is 5.77. The van der Waals surface area contributed by atoms with Gasteiger partial charge < -0.3 is 17.2 Å². The third-order valence-corrected chi connectivity index (χ3v) is 3.95. The molecule has 0 radical (unpaired) electrons. The molecule has 2 aromatic carbocycles. The Labute approximate surface area is 134 Å². The van der Waals surface area contributed by atoms with Crippen LogP contribution in [0.3, 0.4) is 0 Å². The van der Waals surface area contributed by atoms with E-state index in [9.17, 15) is 0 Å². The molecule has 114 valence electrons. The van der Waals surface area contributed by atoms with E-state index in [0.717, 1.165) is 16.3 Å². The monoisotopic (exact) mass is 313 g/mol. The Kier molecular flexibility index (Phi) is 5.43. The minimum absolute atomic E-state index is 0.0450. The number of aryl methyl sites for hydroxylation is 1. The highest BCUT2D eigenvalue weighted by Gasteiger charge is 2.03. The van der Waals surface area contributed by atoms with Crippen LogP contribution in [0.1, 0.15) is 11.1 Å². The van der Waals surface area contributed by atoms with E-state index in [-0.39, 0.29) is 11.9 Å². The molecule has 0 unspecified atom stereocenters. The van der Waals surface area contributed by atoms with Gasteiger partial charge >= 0.3 is 0 Å². The first-order chi connectivity index (χ1) is 10.5. The summed E-state index contributed by atoms with van der Waals surface area (Å²) in [5.74, 6) is 0.797. The number of guanidine groups is 2. The third kappa shape index (κ3) is 4.82. The number of nitrogens with two attached hydrogens (primary N) is 3. The molecule has 0 atom stereocenters. The topological polar surface area (TPSA) is 103 Å². The van der Waals surface area contributed by atoms with Gasteiger partial charge in [-0.05, 0) is 24.6 Å². The summed E-state index contributed by atoms with van der Waals surface area (Å²) in [7, 11) is 0. The zero-order valence-electron chi connectivity index (χ0n) is 12.4. The van der Waals surface area contributed by atoms with Crippen molar-refractivity contribution in [2.45, 2.75) is 17.6 Å². The maximum atomic E-state index is 5.70. The minimum atomic E-state index is -0.105. The Bertz CT molecular complexity index is 705. The normalized spacial score (nSPS) is 11.2. The molecule has 0 saturated heterocycles. The summed E-state index contributed by atoms with van der Waals surface area (Å²) in [6.07, 6.45) is 0. The van der Waals surface area contributed by atoms with Crippen molar-refractivity contribution in [3.8, 4) is 0 Å². The molecule has 0 heterocycles. The van der Waals surface area contributed by atoms with Crippen molar-refractivity contribution in [2.24, 2.45) is 27.2 Å². The van der Waals surface area contributed by atoms with Crippen LogP contribution in [0.2, 0.25) is 0 Å². The number of hydrogen-bond donors (Lipinski definition) is 3. The van der Waals surface area contributed by atoms with Crippen LogP contribution < -0.4 is 17.2 Å². The van der Waals surface area contributed by atoms with E-state index in [2.05, 4.69) is 41.2 Å². The molecule has 0 aliphatic heterocycles. The number of aliphatic imine (C=N–C) groups is 2. The molecule has 0 aliphatic carbocycles. The van der Waals surface area contributed by atoms with Crippen molar-refractivity contribution in [1.29, 1.82) is 0 Å². The van der Waals surface area contributed by atoms with Crippen molar-refractivity contribution in [1.82, 2.24) is 0 Å². The first kappa shape index (κ1) is 15.9. The van der Waals surface area contributed by atoms with Crippen LogP contribution in [0, 0.1) is 6.92 Å². The number of nitrogens with zero attached hydrogens (tertiary/aromatic N) is 2. The van der Waals surface area contributed by atoms with Crippen molar-refractivity contribution in [2.75, 3.05) is 0 Å². The summed E-state index contributed by atoms with van der Waals surface area (Å²) >= 11 is 1.70. The zero-order chi connectivity index (χ0) is 15.9. The van der Waals surface area contributed by atoms with E-state index in [1.54, 1.807) is 11.8 Å².